The van der Waals surface area contributed by atoms with E-state index in [1.54, 1.807) is 12.3 Å². The van der Waals surface area contributed by atoms with E-state index in [1.165, 1.54) is 0 Å². The topological polar surface area (TPSA) is 109 Å². The summed E-state index contributed by atoms with van der Waals surface area (Å²) < 4.78 is 11.9. The molecule has 0 bridgehead atoms. The van der Waals surface area contributed by atoms with E-state index in [0.29, 0.717) is 18.4 Å². The van der Waals surface area contributed by atoms with E-state index in [9.17, 15) is 14.7 Å². The molecule has 7 heteroatoms. The molecule has 166 valence electrons. The first-order valence-electron chi connectivity index (χ1n) is 10.9. The number of benzene rings is 1. The molecule has 2 fully saturated rings. The number of hydrogen-bond acceptors (Lipinski definition) is 5. The minimum atomic E-state index is -0.931. The lowest BCUT2D eigenvalue weighted by Crippen LogP contribution is -2.39. The second-order valence-electron chi connectivity index (χ2n) is 8.55. The number of nitrogens with one attached hydrogen (secondary N) is 1. The number of carbonyl (C=O) groups excluding carboxylic acids is 1. The summed E-state index contributed by atoms with van der Waals surface area (Å²) in [5, 5.41) is 20.0. The third-order valence-corrected chi connectivity index (χ3v) is 6.23. The van der Waals surface area contributed by atoms with E-state index in [4.69, 9.17) is 14.6 Å². The van der Waals surface area contributed by atoms with Gasteiger partial charge in [0.05, 0.1) is 18.1 Å². The largest absolute Gasteiger partial charge is 0.478 e. The summed E-state index contributed by atoms with van der Waals surface area (Å²) in [5.41, 5.74) is 1.61. The molecule has 1 aliphatic carbocycles. The number of para-hydroxylation sites is 1. The Morgan fingerprint density at radius 1 is 1.32 bits per heavy atom. The van der Waals surface area contributed by atoms with E-state index in [1.807, 2.05) is 31.2 Å². The predicted octanol–water partition coefficient (Wildman–Crippen LogP) is 3.68. The van der Waals surface area contributed by atoms with E-state index >= 15 is 0 Å². The molecular weight excluding hydrogens is 398 g/mol. The van der Waals surface area contributed by atoms with Gasteiger partial charge in [0.2, 0.25) is 0 Å². The first kappa shape index (κ1) is 21.7. The van der Waals surface area contributed by atoms with Crippen LogP contribution in [0.1, 0.15) is 49.4 Å². The zero-order valence-electron chi connectivity index (χ0n) is 17.6. The SMILES string of the molecule is C[C@H](CCCC/C=C/C(=O)O)O[C@@H]1OC2C(C(=O)c3c[nH]c4ccccc34)[C@@H]2C[C@@H]1O. The van der Waals surface area contributed by atoms with Crippen LogP contribution in [-0.4, -0.2) is 51.6 Å². The maximum atomic E-state index is 13.1. The highest BCUT2D eigenvalue weighted by atomic mass is 16.7. The molecule has 6 atom stereocenters. The highest BCUT2D eigenvalue weighted by Gasteiger charge is 2.61. The summed E-state index contributed by atoms with van der Waals surface area (Å²) >= 11 is 0. The van der Waals surface area contributed by atoms with Crippen LogP contribution in [0.15, 0.2) is 42.6 Å². The Bertz CT molecular complexity index is 966. The van der Waals surface area contributed by atoms with Crippen LogP contribution < -0.4 is 0 Å². The molecule has 4 rings (SSSR count). The standard InChI is InChI=1S/C24H29NO6/c1-14(8-4-2-3-5-11-20(27)28)30-24-19(26)12-16-21(23(16)31-24)22(29)17-13-25-18-10-7-6-9-15(17)18/h5-7,9-11,13-14,16,19,21,23-26H,2-4,8,12H2,1H3,(H,27,28)/b11-5+/t14-,16+,19+,21?,23?,24-/m1/s1. The number of H-pyrrole nitrogens is 1. The van der Waals surface area contributed by atoms with Crippen molar-refractivity contribution >= 4 is 22.7 Å². The molecule has 1 saturated carbocycles. The quantitative estimate of drug-likeness (QED) is 0.303. The van der Waals surface area contributed by atoms with Gasteiger partial charge in [-0.05, 0) is 38.7 Å². The van der Waals surface area contributed by atoms with Gasteiger partial charge in [-0.25, -0.2) is 4.79 Å². The van der Waals surface area contributed by atoms with Gasteiger partial charge in [-0.15, -0.1) is 0 Å². The van der Waals surface area contributed by atoms with Crippen LogP contribution in [0.2, 0.25) is 0 Å². The Labute approximate surface area is 181 Å². The fourth-order valence-electron chi connectivity index (χ4n) is 4.54. The maximum Gasteiger partial charge on any atom is 0.327 e. The number of aromatic amines is 1. The summed E-state index contributed by atoms with van der Waals surface area (Å²) in [7, 11) is 0. The van der Waals surface area contributed by atoms with Crippen LogP contribution in [0.4, 0.5) is 0 Å². The Morgan fingerprint density at radius 2 is 2.13 bits per heavy atom. The average Bonchev–Trinajstić information content (AvgIpc) is 3.25. The van der Waals surface area contributed by atoms with Gasteiger partial charge in [-0.3, -0.25) is 4.79 Å². The van der Waals surface area contributed by atoms with Gasteiger partial charge in [-0.1, -0.05) is 30.7 Å². The number of ether oxygens (including phenoxy) is 2. The van der Waals surface area contributed by atoms with E-state index in [-0.39, 0.29) is 29.8 Å². The number of fused-ring (bicyclic) bond motifs is 2. The molecule has 0 radical (unpaired) electrons. The monoisotopic (exact) mass is 427 g/mol. The lowest BCUT2D eigenvalue weighted by atomic mass is 10.0. The highest BCUT2D eigenvalue weighted by Crippen LogP contribution is 2.51. The Kier molecular flexibility index (Phi) is 6.55. The number of carbonyl (C=O) groups is 2. The van der Waals surface area contributed by atoms with Crippen LogP contribution >= 0.6 is 0 Å². The number of aliphatic hydroxyl groups is 1. The number of ketones is 1. The summed E-state index contributed by atoms with van der Waals surface area (Å²) in [6.07, 6.45) is 6.57. The molecule has 1 aromatic carbocycles. The number of carboxylic acid groups (broad SMARTS) is 1. The molecule has 2 heterocycles. The van der Waals surface area contributed by atoms with Gasteiger partial charge < -0.3 is 24.7 Å². The third-order valence-electron chi connectivity index (χ3n) is 6.23. The second kappa shape index (κ2) is 9.34. The molecule has 1 saturated heterocycles. The molecule has 31 heavy (non-hydrogen) atoms. The van der Waals surface area contributed by atoms with Gasteiger partial charge in [0, 0.05) is 34.7 Å². The van der Waals surface area contributed by atoms with E-state index in [2.05, 4.69) is 4.98 Å². The van der Waals surface area contributed by atoms with Crippen molar-refractivity contribution in [3.8, 4) is 0 Å². The third kappa shape index (κ3) is 4.89. The number of hydrogen-bond donors (Lipinski definition) is 3. The molecule has 3 N–H and O–H groups in total. The lowest BCUT2D eigenvalue weighted by molar-refractivity contribution is -0.237. The smallest absolute Gasteiger partial charge is 0.327 e. The van der Waals surface area contributed by atoms with Crippen LogP contribution in [0.3, 0.4) is 0 Å². The number of rotatable bonds is 10. The number of Topliss-reactive ketones (excluding diaryl/α,β-unsaturated/α-hetero) is 1. The van der Waals surface area contributed by atoms with Gasteiger partial charge in [-0.2, -0.15) is 0 Å². The molecule has 2 aromatic rings. The van der Waals surface area contributed by atoms with Gasteiger partial charge in [0.1, 0.15) is 6.10 Å². The molecule has 1 aliphatic heterocycles. The minimum Gasteiger partial charge on any atom is -0.478 e. The lowest BCUT2D eigenvalue weighted by Gasteiger charge is -2.29. The van der Waals surface area contributed by atoms with Gasteiger partial charge in [0.15, 0.2) is 12.1 Å². The zero-order chi connectivity index (χ0) is 22.0. The van der Waals surface area contributed by atoms with Gasteiger partial charge in [0.25, 0.3) is 0 Å². The average molecular weight is 427 g/mol. The fraction of sp³-hybridized carbons (Fsp3) is 0.500. The van der Waals surface area contributed by atoms with Crippen LogP contribution in [0.5, 0.6) is 0 Å². The molecule has 0 amide bonds. The summed E-state index contributed by atoms with van der Waals surface area (Å²) in [4.78, 5) is 26.7. The highest BCUT2D eigenvalue weighted by molar-refractivity contribution is 6.10. The van der Waals surface area contributed by atoms with Crippen LogP contribution in [-0.2, 0) is 14.3 Å². The van der Waals surface area contributed by atoms with Crippen molar-refractivity contribution < 1.29 is 29.3 Å². The zero-order valence-corrected chi connectivity index (χ0v) is 17.6. The van der Waals surface area contributed by atoms with Crippen molar-refractivity contribution in [1.82, 2.24) is 4.98 Å². The summed E-state index contributed by atoms with van der Waals surface area (Å²) in [6, 6.07) is 7.73. The number of aliphatic carboxylic acids is 1. The van der Waals surface area contributed by atoms with Crippen molar-refractivity contribution in [2.75, 3.05) is 0 Å². The number of allylic oxidation sites excluding steroid dienone is 1. The molecule has 1 aromatic heterocycles. The van der Waals surface area contributed by atoms with Crippen molar-refractivity contribution in [1.29, 1.82) is 0 Å². The summed E-state index contributed by atoms with van der Waals surface area (Å²) in [5.74, 6) is -1.08. The summed E-state index contributed by atoms with van der Waals surface area (Å²) in [6.45, 7) is 1.94. The molecule has 7 nitrogen and oxygen atoms in total. The minimum absolute atomic E-state index is 0.0346. The number of aromatic nitrogens is 1. The number of unbranched alkanes of at least 4 members (excludes halogenated alkanes) is 2. The predicted molar refractivity (Wildman–Crippen MR) is 115 cm³/mol. The van der Waals surface area contributed by atoms with E-state index in [0.717, 1.165) is 36.2 Å². The molecular formula is C24H29NO6. The second-order valence-corrected chi connectivity index (χ2v) is 8.55. The van der Waals surface area contributed by atoms with Crippen molar-refractivity contribution in [2.24, 2.45) is 11.8 Å². The normalized spacial score (nSPS) is 28.5. The molecule has 2 aliphatic rings. The van der Waals surface area contributed by atoms with Crippen molar-refractivity contribution in [3.63, 3.8) is 0 Å². The van der Waals surface area contributed by atoms with Crippen molar-refractivity contribution in [2.45, 2.75) is 63.6 Å². The van der Waals surface area contributed by atoms with Crippen molar-refractivity contribution in [3.05, 3.63) is 48.2 Å². The number of aliphatic hydroxyl groups excluding tert-OH is 1. The fourth-order valence-corrected chi connectivity index (χ4v) is 4.54. The van der Waals surface area contributed by atoms with Crippen LogP contribution in [0.25, 0.3) is 10.9 Å². The Balaban J connectivity index is 1.27. The maximum absolute atomic E-state index is 13.1. The molecule has 2 unspecified atom stereocenters. The van der Waals surface area contributed by atoms with Gasteiger partial charge >= 0.3 is 5.97 Å². The number of carboxylic acids is 1. The Hall–Kier alpha value is -2.48. The molecule has 0 spiro atoms. The first-order chi connectivity index (χ1) is 15.0. The Morgan fingerprint density at radius 3 is 2.94 bits per heavy atom. The first-order valence-corrected chi connectivity index (χ1v) is 10.9. The van der Waals surface area contributed by atoms with Crippen LogP contribution in [0, 0.1) is 11.8 Å². The van der Waals surface area contributed by atoms with E-state index < -0.39 is 18.4 Å².